The van der Waals surface area contributed by atoms with E-state index in [-0.39, 0.29) is 11.7 Å². The quantitative estimate of drug-likeness (QED) is 0.760. The number of hydrogen-bond acceptors (Lipinski definition) is 4. The summed E-state index contributed by atoms with van der Waals surface area (Å²) in [5.74, 6) is -1.32. The molecule has 6 nitrogen and oxygen atoms in total. The number of halogens is 1. The van der Waals surface area contributed by atoms with Crippen molar-refractivity contribution in [2.45, 2.75) is 44.9 Å². The Balaban J connectivity index is 1.93. The van der Waals surface area contributed by atoms with Crippen LogP contribution in [0.1, 0.15) is 45.1 Å². The van der Waals surface area contributed by atoms with Gasteiger partial charge in [-0.25, -0.2) is 9.18 Å². The van der Waals surface area contributed by atoms with Crippen molar-refractivity contribution < 1.29 is 23.5 Å². The summed E-state index contributed by atoms with van der Waals surface area (Å²) < 4.78 is 18.4. The monoisotopic (exact) mass is 364 g/mol. The molecule has 1 aromatic carbocycles. The molecule has 0 bridgehead atoms. The van der Waals surface area contributed by atoms with E-state index in [9.17, 15) is 18.8 Å². The van der Waals surface area contributed by atoms with Gasteiger partial charge in [0.25, 0.3) is 5.91 Å². The van der Waals surface area contributed by atoms with E-state index in [2.05, 4.69) is 10.6 Å². The molecule has 0 radical (unpaired) electrons. The van der Waals surface area contributed by atoms with E-state index in [1.54, 1.807) is 12.1 Å². The van der Waals surface area contributed by atoms with E-state index in [1.165, 1.54) is 12.1 Å². The van der Waals surface area contributed by atoms with Crippen LogP contribution in [0.5, 0.6) is 0 Å². The lowest BCUT2D eigenvalue weighted by Crippen LogP contribution is -2.43. The second kappa shape index (κ2) is 8.78. The molecule has 0 aromatic heterocycles. The Bertz CT molecular complexity index is 652. The van der Waals surface area contributed by atoms with E-state index in [1.807, 2.05) is 13.8 Å². The van der Waals surface area contributed by atoms with Crippen LogP contribution in [0.15, 0.2) is 24.3 Å². The minimum absolute atomic E-state index is 0.256. The molecule has 0 spiro atoms. The predicted molar refractivity (Wildman–Crippen MR) is 93.9 cm³/mol. The van der Waals surface area contributed by atoms with Crippen LogP contribution in [0, 0.1) is 11.7 Å². The molecule has 0 unspecified atom stereocenters. The minimum Gasteiger partial charge on any atom is -0.455 e. The second-order valence-corrected chi connectivity index (χ2v) is 7.02. The highest BCUT2D eigenvalue weighted by Gasteiger charge is 2.44. The maximum Gasteiger partial charge on any atom is 0.321 e. The van der Waals surface area contributed by atoms with Crippen molar-refractivity contribution in [3.63, 3.8) is 0 Å². The highest BCUT2D eigenvalue weighted by molar-refractivity contribution is 5.96. The molecular weight excluding hydrogens is 339 g/mol. The van der Waals surface area contributed by atoms with E-state index in [4.69, 9.17) is 4.74 Å². The van der Waals surface area contributed by atoms with Crippen molar-refractivity contribution in [3.05, 3.63) is 35.6 Å². The zero-order valence-electron chi connectivity index (χ0n) is 15.1. The molecule has 1 fully saturated rings. The van der Waals surface area contributed by atoms with Crippen LogP contribution < -0.4 is 10.6 Å². The van der Waals surface area contributed by atoms with Crippen molar-refractivity contribution in [2.75, 3.05) is 13.2 Å². The number of benzene rings is 1. The van der Waals surface area contributed by atoms with Crippen molar-refractivity contribution in [2.24, 2.45) is 5.92 Å². The maximum absolute atomic E-state index is 13.2. The molecule has 2 N–H and O–H groups in total. The number of imide groups is 1. The smallest absolute Gasteiger partial charge is 0.321 e. The number of urea groups is 1. The van der Waals surface area contributed by atoms with Crippen molar-refractivity contribution in [3.8, 4) is 0 Å². The molecule has 1 aromatic rings. The summed E-state index contributed by atoms with van der Waals surface area (Å²) in [5, 5.41) is 4.67. The number of hydrogen-bond donors (Lipinski definition) is 2. The van der Waals surface area contributed by atoms with Crippen molar-refractivity contribution in [1.29, 1.82) is 0 Å². The average Bonchev–Trinajstić information content (AvgIpc) is 3.09. The van der Waals surface area contributed by atoms with Gasteiger partial charge in [0.05, 0.1) is 5.41 Å². The molecule has 0 aliphatic heterocycles. The summed E-state index contributed by atoms with van der Waals surface area (Å²) in [4.78, 5) is 36.0. The highest BCUT2D eigenvalue weighted by Crippen LogP contribution is 2.42. The number of rotatable bonds is 6. The zero-order chi connectivity index (χ0) is 19.2. The van der Waals surface area contributed by atoms with Crippen molar-refractivity contribution in [1.82, 2.24) is 10.6 Å². The third kappa shape index (κ3) is 5.03. The number of carbonyl (C=O) groups is 3. The van der Waals surface area contributed by atoms with Gasteiger partial charge < -0.3 is 10.1 Å². The van der Waals surface area contributed by atoms with Gasteiger partial charge in [-0.15, -0.1) is 0 Å². The van der Waals surface area contributed by atoms with Crippen LogP contribution in [0.4, 0.5) is 9.18 Å². The standard InChI is InChI=1S/C19H25FN2O4/c1-13(2)11-21-18(25)22-16(23)12-26-17(24)19(9-3-4-10-19)14-5-7-15(20)8-6-14/h5-8,13H,3-4,9-12H2,1-2H3,(H2,21,22,23,25). The molecular formula is C19H25FN2O4. The Kier molecular flexibility index (Phi) is 6.71. The van der Waals surface area contributed by atoms with Gasteiger partial charge in [0.2, 0.25) is 0 Å². The predicted octanol–water partition coefficient (Wildman–Crippen LogP) is 2.66. The molecule has 1 aliphatic carbocycles. The Morgan fingerprint density at radius 1 is 1.15 bits per heavy atom. The van der Waals surface area contributed by atoms with Gasteiger partial charge in [-0.2, -0.15) is 0 Å². The van der Waals surface area contributed by atoms with E-state index < -0.39 is 29.9 Å². The molecule has 142 valence electrons. The summed E-state index contributed by atoms with van der Waals surface area (Å²) in [6, 6.07) is 5.18. The Labute approximate surface area is 152 Å². The van der Waals surface area contributed by atoms with Crippen LogP contribution in [0.3, 0.4) is 0 Å². The first-order chi connectivity index (χ1) is 12.3. The number of ether oxygens (including phenoxy) is 1. The third-order valence-corrected chi connectivity index (χ3v) is 4.50. The summed E-state index contributed by atoms with van der Waals surface area (Å²) in [5.41, 5.74) is -0.162. The Hall–Kier alpha value is -2.44. The fraction of sp³-hybridized carbons (Fsp3) is 0.526. The van der Waals surface area contributed by atoms with Gasteiger partial charge in [0.15, 0.2) is 6.61 Å². The fourth-order valence-corrected chi connectivity index (χ4v) is 3.13. The lowest BCUT2D eigenvalue weighted by atomic mass is 9.79. The van der Waals surface area contributed by atoms with Gasteiger partial charge >= 0.3 is 12.0 Å². The SMILES string of the molecule is CC(C)CNC(=O)NC(=O)COC(=O)C1(c2ccc(F)cc2)CCCC1. The summed E-state index contributed by atoms with van der Waals surface area (Å²) in [6.07, 6.45) is 2.90. The second-order valence-electron chi connectivity index (χ2n) is 7.02. The van der Waals surface area contributed by atoms with Gasteiger partial charge in [-0.05, 0) is 36.5 Å². The molecule has 0 heterocycles. The molecule has 1 saturated carbocycles. The Morgan fingerprint density at radius 2 is 1.77 bits per heavy atom. The summed E-state index contributed by atoms with van der Waals surface area (Å²) in [7, 11) is 0. The van der Waals surface area contributed by atoms with Gasteiger partial charge in [0.1, 0.15) is 5.82 Å². The Morgan fingerprint density at radius 3 is 2.35 bits per heavy atom. The highest BCUT2D eigenvalue weighted by atomic mass is 19.1. The number of nitrogens with one attached hydrogen (secondary N) is 2. The van der Waals surface area contributed by atoms with Crippen molar-refractivity contribution >= 4 is 17.9 Å². The zero-order valence-corrected chi connectivity index (χ0v) is 15.1. The largest absolute Gasteiger partial charge is 0.455 e. The molecule has 0 atom stereocenters. The normalized spacial score (nSPS) is 15.5. The maximum atomic E-state index is 13.2. The minimum atomic E-state index is -0.853. The lowest BCUT2D eigenvalue weighted by molar-refractivity contribution is -0.154. The van der Waals surface area contributed by atoms with Crippen LogP contribution in [0.2, 0.25) is 0 Å². The summed E-state index contributed by atoms with van der Waals surface area (Å²) >= 11 is 0. The van der Waals surface area contributed by atoms with Gasteiger partial charge in [-0.3, -0.25) is 14.9 Å². The molecule has 26 heavy (non-hydrogen) atoms. The van der Waals surface area contributed by atoms with Gasteiger partial charge in [0, 0.05) is 6.54 Å². The fourth-order valence-electron chi connectivity index (χ4n) is 3.13. The number of esters is 1. The van der Waals surface area contributed by atoms with E-state index in [0.717, 1.165) is 12.8 Å². The van der Waals surface area contributed by atoms with E-state index >= 15 is 0 Å². The van der Waals surface area contributed by atoms with Crippen LogP contribution in [-0.2, 0) is 19.7 Å². The molecule has 2 rings (SSSR count). The molecule has 7 heteroatoms. The summed E-state index contributed by atoms with van der Waals surface area (Å²) in [6.45, 7) is 3.77. The topological polar surface area (TPSA) is 84.5 Å². The average molecular weight is 364 g/mol. The molecule has 0 saturated heterocycles. The number of amides is 3. The molecule has 3 amide bonds. The van der Waals surface area contributed by atoms with Crippen LogP contribution >= 0.6 is 0 Å². The molecule has 1 aliphatic rings. The van der Waals surface area contributed by atoms with Gasteiger partial charge in [-0.1, -0.05) is 38.8 Å². The van der Waals surface area contributed by atoms with Crippen LogP contribution in [0.25, 0.3) is 0 Å². The third-order valence-electron chi connectivity index (χ3n) is 4.50. The first-order valence-electron chi connectivity index (χ1n) is 8.84. The first kappa shape index (κ1) is 19.9. The first-order valence-corrected chi connectivity index (χ1v) is 8.84. The van der Waals surface area contributed by atoms with E-state index in [0.29, 0.717) is 24.9 Å². The lowest BCUT2D eigenvalue weighted by Gasteiger charge is -2.27. The number of carbonyl (C=O) groups excluding carboxylic acids is 3. The van der Waals surface area contributed by atoms with Crippen LogP contribution in [-0.4, -0.2) is 31.1 Å².